The molecule has 0 aromatic heterocycles. The predicted molar refractivity (Wildman–Crippen MR) is 241 cm³/mol. The van der Waals surface area contributed by atoms with E-state index in [-0.39, 0.29) is 0 Å². The van der Waals surface area contributed by atoms with Crippen molar-refractivity contribution in [1.29, 1.82) is 0 Å². The smallest absolute Gasteiger partial charge is 0.218 e. The van der Waals surface area contributed by atoms with Crippen LogP contribution in [-0.2, 0) is 66.5 Å². The number of ether oxygens (including phenoxy) is 11. The zero-order valence-corrected chi connectivity index (χ0v) is 42.3. The van der Waals surface area contributed by atoms with Crippen molar-refractivity contribution in [3.05, 3.63) is 0 Å². The Balaban J connectivity index is 1.51. The summed E-state index contributed by atoms with van der Waals surface area (Å²) < 4.78 is 63.3. The van der Waals surface area contributed by atoms with Gasteiger partial charge >= 0.3 is 0 Å². The Morgan fingerprint density at radius 3 is 1.49 bits per heavy atom. The number of nitrogens with one attached hydrogen (secondary N) is 3. The number of aliphatic hydroxyl groups is 16. The van der Waals surface area contributed by atoms with Gasteiger partial charge in [-0.3, -0.25) is 14.4 Å². The normalized spacial score (nSPS) is 39.4. The maximum Gasteiger partial charge on any atom is 0.218 e. The third-order valence-electron chi connectivity index (χ3n) is 12.8. The molecule has 4 saturated heterocycles. The van der Waals surface area contributed by atoms with E-state index in [0.717, 1.165) is 20.8 Å². The first kappa shape index (κ1) is 65.8. The van der Waals surface area contributed by atoms with Crippen LogP contribution in [0, 0.1) is 0 Å². The first-order valence-corrected chi connectivity index (χ1v) is 24.2. The average Bonchev–Trinajstić information content (AvgIpc) is 3.36. The molecule has 0 bridgehead atoms. The number of amides is 3. The monoisotopic (exact) mass is 1120 g/mol. The third kappa shape index (κ3) is 16.9. The van der Waals surface area contributed by atoms with Crippen LogP contribution in [0.2, 0.25) is 0 Å². The first-order valence-electron chi connectivity index (χ1n) is 24.2. The molecule has 0 aromatic carbocycles. The van der Waals surface area contributed by atoms with Crippen molar-refractivity contribution in [2.24, 2.45) is 0 Å². The van der Waals surface area contributed by atoms with Crippen LogP contribution in [0.15, 0.2) is 0 Å². The van der Waals surface area contributed by atoms with Gasteiger partial charge in [0.15, 0.2) is 37.6 Å². The van der Waals surface area contributed by atoms with Gasteiger partial charge in [0.2, 0.25) is 24.0 Å². The second-order valence-electron chi connectivity index (χ2n) is 18.7. The van der Waals surface area contributed by atoms with Gasteiger partial charge in [0.05, 0.1) is 58.0 Å². The Morgan fingerprint density at radius 2 is 0.947 bits per heavy atom. The number of hydrogen-bond acceptors (Lipinski definition) is 30. The minimum atomic E-state index is -2.06. The van der Waals surface area contributed by atoms with E-state index in [0.29, 0.717) is 0 Å². The van der Waals surface area contributed by atoms with E-state index < -0.39 is 229 Å². The average molecular weight is 1120 g/mol. The molecule has 22 unspecified atom stereocenters. The zero-order valence-electron chi connectivity index (χ0n) is 42.3. The first-order chi connectivity index (χ1) is 35.7. The van der Waals surface area contributed by atoms with E-state index in [4.69, 9.17) is 52.1 Å². The lowest BCUT2D eigenvalue weighted by molar-refractivity contribution is -0.377. The predicted octanol–water partition coefficient (Wildman–Crippen LogP) is -11.4. The van der Waals surface area contributed by atoms with Gasteiger partial charge in [-0.15, -0.1) is 0 Å². The van der Waals surface area contributed by atoms with Gasteiger partial charge < -0.3 is 150 Å². The minimum absolute atomic E-state index is 0.586. The largest absolute Gasteiger partial charge is 0.394 e. The fraction of sp³-hybridized carbons (Fsp3) is 0.930. The standard InChI is InChI=1S/C43H77N3O30/c1-13(19(7-47)67-15(3)37(64)45-17(5)53)69-43(38(65)46-18(6)54)70-20(8-48)14(2)68-40-33(62)31(60)28(57)24(74-40)12-66-42-36(32(61)27(56)22(10-50)72-42)76-39-25(44-16(4)52)29(58)35(23(11-51)73-39)75-41-34(63)30(59)26(55)21(9-49)71-41/h13-15,19-43,47-51,55-65H,7-12H2,1-6H3,(H,44,52)(H,45,53)(H,46,54)/t13-,14-,15?,19?,20?,21?,22?,23-,24?,25?,26?,27?,28?,29?,30?,31?,32?,33?,34?,35?,36?,37-,38-,39-,40?,41?,42?,43?/m0/s1. The minimum Gasteiger partial charge on any atom is -0.394 e. The third-order valence-corrected chi connectivity index (χ3v) is 12.8. The number of carbonyl (C=O) groups is 3. The van der Waals surface area contributed by atoms with Crippen LogP contribution in [0.5, 0.6) is 0 Å². The lowest BCUT2D eigenvalue weighted by Gasteiger charge is -2.49. The highest BCUT2D eigenvalue weighted by atomic mass is 16.8. The van der Waals surface area contributed by atoms with E-state index in [9.17, 15) is 96.1 Å². The molecule has 33 heteroatoms. The fourth-order valence-corrected chi connectivity index (χ4v) is 8.43. The van der Waals surface area contributed by atoms with E-state index in [1.165, 1.54) is 20.8 Å². The van der Waals surface area contributed by atoms with E-state index in [1.807, 2.05) is 0 Å². The SMILES string of the molecule is CC(=O)NC1C(O)C(OC2OC(CO)C(O)C(O)C2O)[C@H](CO)O[C@H]1OC1C(OCC2OC(O[C@@H](C)C(CO)OC(O[C@@H](C)C(CO)OC(C)[C@H](O)NC(C)=O)[C@H](O)NC(C)=O)C(O)C(O)C2O)OC(CO)C(O)C1O. The van der Waals surface area contributed by atoms with Crippen molar-refractivity contribution < 1.29 is 148 Å². The highest BCUT2D eigenvalue weighted by molar-refractivity contribution is 5.73. The van der Waals surface area contributed by atoms with Crippen molar-refractivity contribution in [2.75, 3.05) is 39.6 Å². The molecule has 4 heterocycles. The quantitative estimate of drug-likeness (QED) is 0.0340. The molecule has 444 valence electrons. The molecular weight excluding hydrogens is 1040 g/mol. The van der Waals surface area contributed by atoms with Crippen LogP contribution >= 0.6 is 0 Å². The number of carbonyl (C=O) groups excluding carboxylic acids is 3. The summed E-state index contributed by atoms with van der Waals surface area (Å²) in [6.45, 7) is 1.97. The van der Waals surface area contributed by atoms with Crippen LogP contribution in [-0.4, -0.2) is 311 Å². The Morgan fingerprint density at radius 1 is 0.474 bits per heavy atom. The van der Waals surface area contributed by atoms with Crippen molar-refractivity contribution in [1.82, 2.24) is 16.0 Å². The molecule has 4 rings (SSSR count). The van der Waals surface area contributed by atoms with Gasteiger partial charge in [-0.05, 0) is 20.8 Å². The molecule has 4 aliphatic rings. The topological polar surface area (TPSA) is 513 Å². The highest BCUT2D eigenvalue weighted by Crippen LogP contribution is 2.34. The van der Waals surface area contributed by atoms with E-state index in [1.54, 1.807) is 0 Å². The summed E-state index contributed by atoms with van der Waals surface area (Å²) in [5.74, 6) is -2.16. The molecular formula is C43H77N3O30. The van der Waals surface area contributed by atoms with Gasteiger partial charge in [-0.25, -0.2) is 0 Å². The van der Waals surface area contributed by atoms with Gasteiger partial charge in [0, 0.05) is 20.8 Å². The van der Waals surface area contributed by atoms with Crippen molar-refractivity contribution >= 4 is 17.7 Å². The van der Waals surface area contributed by atoms with Crippen LogP contribution in [0.1, 0.15) is 41.5 Å². The molecule has 3 amide bonds. The summed E-state index contributed by atoms with van der Waals surface area (Å²) in [5.41, 5.74) is 0. The molecule has 0 aromatic rings. The lowest BCUT2D eigenvalue weighted by Crippen LogP contribution is -2.69. The van der Waals surface area contributed by atoms with Crippen LogP contribution in [0.3, 0.4) is 0 Å². The molecule has 33 nitrogen and oxygen atoms in total. The molecule has 0 saturated carbocycles. The second-order valence-corrected chi connectivity index (χ2v) is 18.7. The molecule has 19 N–H and O–H groups in total. The maximum atomic E-state index is 12.5. The van der Waals surface area contributed by atoms with Crippen molar-refractivity contribution in [2.45, 2.75) is 214 Å². The van der Waals surface area contributed by atoms with Gasteiger partial charge in [0.25, 0.3) is 0 Å². The molecule has 0 radical (unpaired) electrons. The Labute approximate surface area is 434 Å². The summed E-state index contributed by atoms with van der Waals surface area (Å²) in [6, 6.07) is -1.71. The molecule has 28 atom stereocenters. The maximum absolute atomic E-state index is 12.5. The number of rotatable bonds is 27. The number of aliphatic hydroxyl groups excluding tert-OH is 16. The zero-order chi connectivity index (χ0) is 57.0. The highest BCUT2D eigenvalue weighted by Gasteiger charge is 2.55. The summed E-state index contributed by atoms with van der Waals surface area (Å²) >= 11 is 0. The molecule has 76 heavy (non-hydrogen) atoms. The Hall–Kier alpha value is -2.67. The summed E-state index contributed by atoms with van der Waals surface area (Å²) in [7, 11) is 0. The van der Waals surface area contributed by atoms with Crippen LogP contribution in [0.4, 0.5) is 0 Å². The van der Waals surface area contributed by atoms with Gasteiger partial charge in [0.1, 0.15) is 110 Å². The number of hydrogen-bond donors (Lipinski definition) is 19. The van der Waals surface area contributed by atoms with E-state index >= 15 is 0 Å². The van der Waals surface area contributed by atoms with Gasteiger partial charge in [-0.2, -0.15) is 0 Å². The molecule has 4 fully saturated rings. The van der Waals surface area contributed by atoms with Crippen LogP contribution < -0.4 is 16.0 Å². The van der Waals surface area contributed by atoms with E-state index in [2.05, 4.69) is 16.0 Å². The second kappa shape index (κ2) is 30.2. The molecule has 0 spiro atoms. The molecule has 4 aliphatic heterocycles. The van der Waals surface area contributed by atoms with Gasteiger partial charge in [-0.1, -0.05) is 0 Å². The fourth-order valence-electron chi connectivity index (χ4n) is 8.43. The summed E-state index contributed by atoms with van der Waals surface area (Å²) in [6.07, 6.45) is -47.2. The Kier molecular flexibility index (Phi) is 26.2. The Bertz CT molecular complexity index is 1770. The van der Waals surface area contributed by atoms with Crippen molar-refractivity contribution in [3.8, 4) is 0 Å². The molecule has 0 aliphatic carbocycles. The van der Waals surface area contributed by atoms with Crippen LogP contribution in [0.25, 0.3) is 0 Å². The van der Waals surface area contributed by atoms with Crippen molar-refractivity contribution in [3.63, 3.8) is 0 Å². The lowest BCUT2D eigenvalue weighted by atomic mass is 9.94. The summed E-state index contributed by atoms with van der Waals surface area (Å²) in [5, 5.41) is 176. The summed E-state index contributed by atoms with van der Waals surface area (Å²) in [4.78, 5) is 35.8.